The van der Waals surface area contributed by atoms with Crippen LogP contribution in [0.15, 0.2) is 0 Å². The monoisotopic (exact) mass is 214 g/mol. The Morgan fingerprint density at radius 2 is 2.00 bits per heavy atom. The molecule has 0 aliphatic carbocycles. The number of rotatable bonds is 6. The molecule has 0 radical (unpaired) electrons. The number of carbonyl (C=O) groups excluding carboxylic acids is 1. The number of nitrogens with one attached hydrogen (secondary N) is 1. The van der Waals surface area contributed by atoms with Crippen LogP contribution in [-0.4, -0.2) is 50.1 Å². The Bertz CT molecular complexity index is 189. The van der Waals surface area contributed by atoms with E-state index in [4.69, 9.17) is 0 Å². The fourth-order valence-electron chi connectivity index (χ4n) is 2.08. The van der Waals surface area contributed by atoms with Gasteiger partial charge in [-0.1, -0.05) is 6.92 Å². The molecule has 1 aliphatic heterocycles. The number of likely N-dealkylation sites (N-methyl/N-ethyl adjacent to an activating group) is 1. The molecule has 0 aromatic rings. The Morgan fingerprint density at radius 3 is 2.53 bits per heavy atom. The minimum Gasteiger partial charge on any atom is -0.550 e. The van der Waals surface area contributed by atoms with E-state index in [1.165, 1.54) is 26.2 Å². The van der Waals surface area contributed by atoms with Gasteiger partial charge in [0.25, 0.3) is 0 Å². The fourth-order valence-corrected chi connectivity index (χ4v) is 2.08. The molecular formula is C11H22N2O2. The van der Waals surface area contributed by atoms with Crippen molar-refractivity contribution in [2.45, 2.75) is 26.2 Å². The van der Waals surface area contributed by atoms with E-state index in [0.29, 0.717) is 0 Å². The molecular weight excluding hydrogens is 192 g/mol. The van der Waals surface area contributed by atoms with Crippen molar-refractivity contribution in [3.8, 4) is 0 Å². The quantitative estimate of drug-likeness (QED) is 0.527. The first-order chi connectivity index (χ1) is 7.22. The van der Waals surface area contributed by atoms with E-state index in [1.54, 1.807) is 4.90 Å². The minimum atomic E-state index is -0.916. The molecule has 15 heavy (non-hydrogen) atoms. The lowest BCUT2D eigenvalue weighted by Crippen LogP contribution is -3.14. The van der Waals surface area contributed by atoms with Crippen LogP contribution in [0.1, 0.15) is 26.2 Å². The van der Waals surface area contributed by atoms with Crippen LogP contribution in [0.2, 0.25) is 0 Å². The van der Waals surface area contributed by atoms with Gasteiger partial charge in [-0.3, -0.25) is 4.90 Å². The molecule has 0 aromatic carbocycles. The second-order valence-electron chi connectivity index (χ2n) is 4.26. The SMILES string of the molecule is CCN1CC[NH+](CCCCC(=O)[O-])CC1. The molecule has 4 heteroatoms. The van der Waals surface area contributed by atoms with Crippen molar-refractivity contribution in [2.75, 3.05) is 39.3 Å². The number of hydrogen-bond donors (Lipinski definition) is 1. The van der Waals surface area contributed by atoms with Gasteiger partial charge < -0.3 is 14.8 Å². The van der Waals surface area contributed by atoms with Crippen LogP contribution in [0, 0.1) is 0 Å². The number of piperazine rings is 1. The summed E-state index contributed by atoms with van der Waals surface area (Å²) in [5.41, 5.74) is 0. The van der Waals surface area contributed by atoms with E-state index in [-0.39, 0.29) is 6.42 Å². The van der Waals surface area contributed by atoms with Crippen LogP contribution in [-0.2, 0) is 4.79 Å². The zero-order valence-corrected chi connectivity index (χ0v) is 9.63. The molecule has 0 saturated carbocycles. The summed E-state index contributed by atoms with van der Waals surface area (Å²) in [5, 5.41) is 10.2. The predicted octanol–water partition coefficient (Wildman–Crippen LogP) is -1.87. The van der Waals surface area contributed by atoms with Crippen molar-refractivity contribution in [2.24, 2.45) is 0 Å². The van der Waals surface area contributed by atoms with E-state index >= 15 is 0 Å². The summed E-state index contributed by atoms with van der Waals surface area (Å²) in [6.45, 7) is 9.25. The Kier molecular flexibility index (Phi) is 5.65. The number of quaternary nitrogens is 1. The fraction of sp³-hybridized carbons (Fsp3) is 0.909. The van der Waals surface area contributed by atoms with Gasteiger partial charge in [0.05, 0.1) is 19.6 Å². The van der Waals surface area contributed by atoms with Gasteiger partial charge in [0, 0.05) is 19.1 Å². The van der Waals surface area contributed by atoms with Crippen molar-refractivity contribution < 1.29 is 14.8 Å². The standard InChI is InChI=1S/C11H22N2O2/c1-2-12-7-9-13(10-8-12)6-4-3-5-11(14)15/h2-10H2,1H3,(H,14,15). The highest BCUT2D eigenvalue weighted by Crippen LogP contribution is 1.92. The molecule has 1 saturated heterocycles. The van der Waals surface area contributed by atoms with Crippen LogP contribution in [0.25, 0.3) is 0 Å². The second-order valence-corrected chi connectivity index (χ2v) is 4.26. The average molecular weight is 214 g/mol. The van der Waals surface area contributed by atoms with Crippen molar-refractivity contribution in [3.05, 3.63) is 0 Å². The average Bonchev–Trinajstić information content (AvgIpc) is 2.25. The molecule has 1 rings (SSSR count). The lowest BCUT2D eigenvalue weighted by Gasteiger charge is -2.31. The highest BCUT2D eigenvalue weighted by Gasteiger charge is 2.17. The molecule has 1 aliphatic rings. The number of unbranched alkanes of at least 4 members (excludes halogenated alkanes) is 1. The number of nitrogens with zero attached hydrogens (tertiary/aromatic N) is 1. The normalized spacial score (nSPS) is 19.3. The third kappa shape index (κ3) is 5.14. The van der Waals surface area contributed by atoms with Gasteiger partial charge in [0.2, 0.25) is 0 Å². The summed E-state index contributed by atoms with van der Waals surface area (Å²) in [6.07, 6.45) is 1.99. The first-order valence-corrected chi connectivity index (χ1v) is 5.98. The Balaban J connectivity index is 2.01. The molecule has 0 atom stereocenters. The molecule has 1 fully saturated rings. The van der Waals surface area contributed by atoms with Gasteiger partial charge in [-0.15, -0.1) is 0 Å². The van der Waals surface area contributed by atoms with Crippen LogP contribution >= 0.6 is 0 Å². The Morgan fingerprint density at radius 1 is 1.33 bits per heavy atom. The predicted molar refractivity (Wildman–Crippen MR) is 56.5 cm³/mol. The molecule has 0 bridgehead atoms. The summed E-state index contributed by atoms with van der Waals surface area (Å²) < 4.78 is 0. The number of aliphatic carboxylic acids is 1. The van der Waals surface area contributed by atoms with E-state index in [0.717, 1.165) is 25.9 Å². The molecule has 1 heterocycles. The van der Waals surface area contributed by atoms with Crippen molar-refractivity contribution in [1.82, 2.24) is 4.90 Å². The minimum absolute atomic E-state index is 0.217. The van der Waals surface area contributed by atoms with Crippen molar-refractivity contribution in [3.63, 3.8) is 0 Å². The first kappa shape index (κ1) is 12.5. The van der Waals surface area contributed by atoms with Crippen LogP contribution < -0.4 is 10.0 Å². The molecule has 0 unspecified atom stereocenters. The molecule has 0 spiro atoms. The largest absolute Gasteiger partial charge is 0.550 e. The topological polar surface area (TPSA) is 47.8 Å². The lowest BCUT2D eigenvalue weighted by atomic mass is 10.2. The van der Waals surface area contributed by atoms with Gasteiger partial charge in [-0.05, 0) is 25.8 Å². The number of carboxylic acids is 1. The maximum atomic E-state index is 10.2. The zero-order chi connectivity index (χ0) is 11.1. The van der Waals surface area contributed by atoms with Crippen molar-refractivity contribution in [1.29, 1.82) is 0 Å². The Labute approximate surface area is 91.9 Å². The molecule has 0 amide bonds. The summed E-state index contributed by atoms with van der Waals surface area (Å²) in [6, 6.07) is 0. The number of hydrogen-bond acceptors (Lipinski definition) is 3. The van der Waals surface area contributed by atoms with Gasteiger partial charge >= 0.3 is 0 Å². The maximum Gasteiger partial charge on any atom is 0.0900 e. The van der Waals surface area contributed by atoms with Crippen LogP contribution in [0.5, 0.6) is 0 Å². The number of carboxylic acid groups (broad SMARTS) is 1. The summed E-state index contributed by atoms with van der Waals surface area (Å²) in [7, 11) is 0. The molecule has 0 aromatic heterocycles. The van der Waals surface area contributed by atoms with Gasteiger partial charge in [-0.2, -0.15) is 0 Å². The van der Waals surface area contributed by atoms with E-state index in [9.17, 15) is 9.90 Å². The Hall–Kier alpha value is -0.610. The third-order valence-electron chi connectivity index (χ3n) is 3.17. The van der Waals surface area contributed by atoms with Crippen LogP contribution in [0.4, 0.5) is 0 Å². The zero-order valence-electron chi connectivity index (χ0n) is 9.63. The van der Waals surface area contributed by atoms with Gasteiger partial charge in [-0.25, -0.2) is 0 Å². The first-order valence-electron chi connectivity index (χ1n) is 5.98. The summed E-state index contributed by atoms with van der Waals surface area (Å²) in [4.78, 5) is 14.3. The maximum absolute atomic E-state index is 10.2. The van der Waals surface area contributed by atoms with Crippen LogP contribution in [0.3, 0.4) is 0 Å². The van der Waals surface area contributed by atoms with E-state index in [2.05, 4.69) is 11.8 Å². The molecule has 4 nitrogen and oxygen atoms in total. The summed E-state index contributed by atoms with van der Waals surface area (Å²) in [5.74, 6) is -0.916. The third-order valence-corrected chi connectivity index (χ3v) is 3.17. The van der Waals surface area contributed by atoms with Gasteiger partial charge in [0.15, 0.2) is 0 Å². The van der Waals surface area contributed by atoms with Gasteiger partial charge in [0.1, 0.15) is 0 Å². The molecule has 88 valence electrons. The molecule has 1 N–H and O–H groups in total. The highest BCUT2D eigenvalue weighted by atomic mass is 16.4. The number of carbonyl (C=O) groups is 1. The summed E-state index contributed by atoms with van der Waals surface area (Å²) >= 11 is 0. The second kappa shape index (κ2) is 6.80. The highest BCUT2D eigenvalue weighted by molar-refractivity contribution is 5.63. The van der Waals surface area contributed by atoms with Crippen molar-refractivity contribution >= 4 is 5.97 Å². The smallest absolute Gasteiger partial charge is 0.0900 e. The van der Waals surface area contributed by atoms with E-state index in [1.807, 2.05) is 0 Å². The lowest BCUT2D eigenvalue weighted by molar-refractivity contribution is -0.904. The van der Waals surface area contributed by atoms with E-state index < -0.39 is 5.97 Å².